The van der Waals surface area contributed by atoms with Crippen molar-refractivity contribution in [2.45, 2.75) is 39.5 Å². The van der Waals surface area contributed by atoms with Crippen molar-refractivity contribution in [1.82, 2.24) is 10.2 Å². The third kappa shape index (κ3) is 5.97. The molecule has 0 spiro atoms. The van der Waals surface area contributed by atoms with Crippen molar-refractivity contribution in [2.24, 2.45) is 0 Å². The summed E-state index contributed by atoms with van der Waals surface area (Å²) in [6.07, 6.45) is 5.41. The number of hydrogen-bond donors (Lipinski definition) is 1. The highest BCUT2D eigenvalue weighted by Gasteiger charge is 2.12. The van der Waals surface area contributed by atoms with Crippen molar-refractivity contribution >= 4 is 28.5 Å². The number of carbonyl (C=O) groups excluding carboxylic acids is 1. The van der Waals surface area contributed by atoms with E-state index in [9.17, 15) is 10.1 Å². The number of ether oxygens (including phenoxy) is 1. The number of benzene rings is 1. The summed E-state index contributed by atoms with van der Waals surface area (Å²) in [6, 6.07) is 9.22. The van der Waals surface area contributed by atoms with E-state index in [1.54, 1.807) is 6.08 Å². The van der Waals surface area contributed by atoms with Gasteiger partial charge >= 0.3 is 0 Å². The predicted octanol–water partition coefficient (Wildman–Crippen LogP) is 4.22. The molecule has 7 heteroatoms. The van der Waals surface area contributed by atoms with Gasteiger partial charge in [-0.2, -0.15) is 5.26 Å². The fourth-order valence-electron chi connectivity index (χ4n) is 2.09. The molecule has 0 bridgehead atoms. The summed E-state index contributed by atoms with van der Waals surface area (Å²) < 4.78 is 5.60. The molecule has 1 aromatic carbocycles. The number of aromatic nitrogens is 2. The number of nitrogens with zero attached hydrogens (tertiary/aromatic N) is 3. The number of hydrogen-bond acceptors (Lipinski definition) is 6. The van der Waals surface area contributed by atoms with Crippen LogP contribution in [0.5, 0.6) is 5.75 Å². The Kier molecular flexibility index (Phi) is 7.77. The van der Waals surface area contributed by atoms with Crippen LogP contribution in [-0.4, -0.2) is 22.7 Å². The van der Waals surface area contributed by atoms with Gasteiger partial charge in [0.2, 0.25) is 5.13 Å². The molecule has 136 valence electrons. The summed E-state index contributed by atoms with van der Waals surface area (Å²) in [4.78, 5) is 12.3. The fourth-order valence-corrected chi connectivity index (χ4v) is 2.93. The number of unbranched alkanes of at least 4 members (excludes halogenated alkanes) is 1. The SMILES string of the molecule is CCCCOc1ccc(/C=C(\C#N)C(=O)Nc2nnc(CCC)s2)cc1. The number of nitriles is 1. The Morgan fingerprint density at radius 1 is 1.27 bits per heavy atom. The highest BCUT2D eigenvalue weighted by atomic mass is 32.1. The van der Waals surface area contributed by atoms with Crippen molar-refractivity contribution in [1.29, 1.82) is 5.26 Å². The van der Waals surface area contributed by atoms with Gasteiger partial charge in [0.15, 0.2) is 0 Å². The molecule has 0 aliphatic heterocycles. The van der Waals surface area contributed by atoms with E-state index in [1.165, 1.54) is 11.3 Å². The van der Waals surface area contributed by atoms with Gasteiger partial charge in [0.25, 0.3) is 5.91 Å². The van der Waals surface area contributed by atoms with E-state index in [-0.39, 0.29) is 5.57 Å². The summed E-state index contributed by atoms with van der Waals surface area (Å²) in [5.74, 6) is 0.283. The molecule has 1 heterocycles. The van der Waals surface area contributed by atoms with Gasteiger partial charge in [0, 0.05) is 6.42 Å². The Labute approximate surface area is 157 Å². The van der Waals surface area contributed by atoms with E-state index >= 15 is 0 Å². The maximum absolute atomic E-state index is 12.3. The summed E-state index contributed by atoms with van der Waals surface area (Å²) in [7, 11) is 0. The minimum Gasteiger partial charge on any atom is -0.494 e. The van der Waals surface area contributed by atoms with Crippen LogP contribution in [0.4, 0.5) is 5.13 Å². The molecule has 0 aliphatic carbocycles. The van der Waals surface area contributed by atoms with Crippen LogP contribution in [0.25, 0.3) is 6.08 Å². The summed E-state index contributed by atoms with van der Waals surface area (Å²) in [5, 5.41) is 21.1. The first kappa shape index (κ1) is 19.6. The third-order valence-electron chi connectivity index (χ3n) is 3.47. The van der Waals surface area contributed by atoms with Crippen molar-refractivity contribution in [2.75, 3.05) is 11.9 Å². The monoisotopic (exact) mass is 370 g/mol. The number of rotatable bonds is 9. The lowest BCUT2D eigenvalue weighted by Crippen LogP contribution is -2.13. The number of nitrogens with one attached hydrogen (secondary N) is 1. The molecule has 1 amide bonds. The van der Waals surface area contributed by atoms with E-state index in [0.29, 0.717) is 11.7 Å². The van der Waals surface area contributed by atoms with Gasteiger partial charge in [-0.25, -0.2) is 0 Å². The molecule has 0 fully saturated rings. The van der Waals surface area contributed by atoms with Gasteiger partial charge in [0.05, 0.1) is 6.61 Å². The summed E-state index contributed by atoms with van der Waals surface area (Å²) in [5.41, 5.74) is 0.764. The quantitative estimate of drug-likeness (QED) is 0.406. The normalized spacial score (nSPS) is 11.0. The summed E-state index contributed by atoms with van der Waals surface area (Å²) in [6.45, 7) is 4.84. The molecule has 26 heavy (non-hydrogen) atoms. The molecule has 2 rings (SSSR count). The molecular formula is C19H22N4O2S. The molecule has 0 atom stereocenters. The van der Waals surface area contributed by atoms with Crippen LogP contribution in [0, 0.1) is 11.3 Å². The average molecular weight is 370 g/mol. The summed E-state index contributed by atoms with van der Waals surface area (Å²) >= 11 is 1.32. The van der Waals surface area contributed by atoms with Gasteiger partial charge in [-0.05, 0) is 36.6 Å². The molecular weight excluding hydrogens is 348 g/mol. The highest BCUT2D eigenvalue weighted by molar-refractivity contribution is 7.15. The van der Waals surface area contributed by atoms with Crippen LogP contribution in [0.2, 0.25) is 0 Å². The highest BCUT2D eigenvalue weighted by Crippen LogP contribution is 2.19. The zero-order valence-electron chi connectivity index (χ0n) is 15.0. The molecule has 2 aromatic rings. The first-order valence-corrected chi connectivity index (χ1v) is 9.46. The maximum Gasteiger partial charge on any atom is 0.268 e. The van der Waals surface area contributed by atoms with Gasteiger partial charge in [0.1, 0.15) is 22.4 Å². The molecule has 0 saturated carbocycles. The van der Waals surface area contributed by atoms with Crippen molar-refractivity contribution < 1.29 is 9.53 Å². The zero-order chi connectivity index (χ0) is 18.8. The Morgan fingerprint density at radius 2 is 2.04 bits per heavy atom. The van der Waals surface area contributed by atoms with Crippen LogP contribution in [0.15, 0.2) is 29.8 Å². The average Bonchev–Trinajstić information content (AvgIpc) is 3.08. The van der Waals surface area contributed by atoms with Crippen LogP contribution in [-0.2, 0) is 11.2 Å². The van der Waals surface area contributed by atoms with Crippen LogP contribution >= 0.6 is 11.3 Å². The van der Waals surface area contributed by atoms with Gasteiger partial charge in [-0.1, -0.05) is 43.7 Å². The molecule has 0 radical (unpaired) electrons. The van der Waals surface area contributed by atoms with Crippen molar-refractivity contribution in [3.8, 4) is 11.8 Å². The zero-order valence-corrected chi connectivity index (χ0v) is 15.8. The number of anilines is 1. The van der Waals surface area contributed by atoms with E-state index in [2.05, 4.69) is 29.4 Å². The van der Waals surface area contributed by atoms with Gasteiger partial charge < -0.3 is 4.74 Å². The molecule has 6 nitrogen and oxygen atoms in total. The smallest absolute Gasteiger partial charge is 0.268 e. The maximum atomic E-state index is 12.3. The van der Waals surface area contributed by atoms with Crippen molar-refractivity contribution in [3.63, 3.8) is 0 Å². The van der Waals surface area contributed by atoms with Crippen molar-refractivity contribution in [3.05, 3.63) is 40.4 Å². The van der Waals surface area contributed by atoms with Crippen LogP contribution in [0.1, 0.15) is 43.7 Å². The first-order valence-electron chi connectivity index (χ1n) is 8.64. The lowest BCUT2D eigenvalue weighted by Gasteiger charge is -2.05. The molecule has 1 N–H and O–H groups in total. The van der Waals surface area contributed by atoms with E-state index in [0.717, 1.165) is 42.0 Å². The first-order chi connectivity index (χ1) is 12.7. The number of amides is 1. The second-order valence-corrected chi connectivity index (χ2v) is 6.71. The number of carbonyl (C=O) groups is 1. The Hall–Kier alpha value is -2.72. The molecule has 0 unspecified atom stereocenters. The second-order valence-electron chi connectivity index (χ2n) is 5.65. The van der Waals surface area contributed by atoms with Gasteiger partial charge in [-0.3, -0.25) is 10.1 Å². The molecule has 0 aliphatic rings. The minimum absolute atomic E-state index is 0.0110. The second kappa shape index (κ2) is 10.3. The van der Waals surface area contributed by atoms with Crippen LogP contribution < -0.4 is 10.1 Å². The Balaban J connectivity index is 2.01. The molecule has 1 aromatic heterocycles. The minimum atomic E-state index is -0.491. The molecule has 0 saturated heterocycles. The predicted molar refractivity (Wildman–Crippen MR) is 103 cm³/mol. The van der Waals surface area contributed by atoms with Crippen LogP contribution in [0.3, 0.4) is 0 Å². The van der Waals surface area contributed by atoms with Gasteiger partial charge in [-0.15, -0.1) is 10.2 Å². The standard InChI is InChI=1S/C19H22N4O2S/c1-3-5-11-25-16-9-7-14(8-10-16)12-15(13-20)18(24)21-19-23-22-17(26-19)6-4-2/h7-10,12H,3-6,11H2,1-2H3,(H,21,23,24)/b15-12+. The third-order valence-corrected chi connectivity index (χ3v) is 4.37. The Morgan fingerprint density at radius 3 is 2.69 bits per heavy atom. The largest absolute Gasteiger partial charge is 0.494 e. The number of aryl methyl sites for hydroxylation is 1. The Bertz CT molecular complexity index is 791. The fraction of sp³-hybridized carbons (Fsp3) is 0.368. The van der Waals surface area contributed by atoms with E-state index in [4.69, 9.17) is 4.74 Å². The topological polar surface area (TPSA) is 87.9 Å². The lowest BCUT2D eigenvalue weighted by molar-refractivity contribution is -0.112. The lowest BCUT2D eigenvalue weighted by atomic mass is 10.1. The van der Waals surface area contributed by atoms with E-state index in [1.807, 2.05) is 30.3 Å². The van der Waals surface area contributed by atoms with E-state index < -0.39 is 5.91 Å².